The van der Waals surface area contributed by atoms with E-state index in [4.69, 9.17) is 0 Å². The molecule has 1 unspecified atom stereocenters. The molecule has 0 radical (unpaired) electrons. The van der Waals surface area contributed by atoms with Crippen LogP contribution in [-0.4, -0.2) is 5.78 Å². The highest BCUT2D eigenvalue weighted by molar-refractivity contribution is 9.10. The Morgan fingerprint density at radius 2 is 1.88 bits per heavy atom. The monoisotopic (exact) mass is 405 g/mol. The van der Waals surface area contributed by atoms with Crippen LogP contribution in [0.15, 0.2) is 64.8 Å². The number of pyridine rings is 1. The van der Waals surface area contributed by atoms with Crippen molar-refractivity contribution in [1.82, 2.24) is 0 Å². The number of Topliss-reactive ketones (excluding diaryl/α,β-unsaturated/α-hetero) is 1. The van der Waals surface area contributed by atoms with Crippen LogP contribution in [-0.2, 0) is 4.79 Å². The Morgan fingerprint density at radius 1 is 1.04 bits per heavy atom. The predicted molar refractivity (Wildman–Crippen MR) is 107 cm³/mol. The van der Waals surface area contributed by atoms with Crippen molar-refractivity contribution in [1.29, 1.82) is 0 Å². The molecule has 0 saturated heterocycles. The van der Waals surface area contributed by atoms with E-state index < -0.39 is 0 Å². The Labute approximate surface area is 160 Å². The molecule has 1 aliphatic heterocycles. The fourth-order valence-corrected chi connectivity index (χ4v) is 4.50. The average molecular weight is 406 g/mol. The van der Waals surface area contributed by atoms with Gasteiger partial charge in [-0.25, -0.2) is 4.98 Å². The number of aromatic nitrogens is 1. The molecule has 0 fully saturated rings. The fraction of sp³-hybridized carbons (Fsp3) is 0.182. The van der Waals surface area contributed by atoms with E-state index in [2.05, 4.69) is 56.6 Å². The van der Waals surface area contributed by atoms with Crippen LogP contribution in [0.3, 0.4) is 0 Å². The summed E-state index contributed by atoms with van der Waals surface area (Å²) in [5.41, 5.74) is 6.69. The van der Waals surface area contributed by atoms with Crippen molar-refractivity contribution < 1.29 is 9.78 Å². The largest absolute Gasteiger partial charge is 0.373 e. The Morgan fingerprint density at radius 3 is 2.73 bits per heavy atom. The first-order valence-electron chi connectivity index (χ1n) is 8.94. The van der Waals surface area contributed by atoms with Gasteiger partial charge in [0, 0.05) is 39.9 Å². The van der Waals surface area contributed by atoms with Crippen molar-refractivity contribution in [2.75, 3.05) is 5.32 Å². The molecule has 2 N–H and O–H groups in total. The van der Waals surface area contributed by atoms with Gasteiger partial charge < -0.3 is 5.32 Å². The minimum Gasteiger partial charge on any atom is -0.373 e. The first-order valence-corrected chi connectivity index (χ1v) is 9.74. The quantitative estimate of drug-likeness (QED) is 0.612. The molecule has 1 aliphatic carbocycles. The Hall–Kier alpha value is -2.46. The summed E-state index contributed by atoms with van der Waals surface area (Å²) in [5.74, 6) is 0.272. The van der Waals surface area contributed by atoms with E-state index in [1.165, 1.54) is 16.5 Å². The minimum atomic E-state index is -0.0801. The van der Waals surface area contributed by atoms with Crippen molar-refractivity contribution in [2.45, 2.75) is 25.3 Å². The van der Waals surface area contributed by atoms with Gasteiger partial charge in [0.05, 0.1) is 11.4 Å². The molecule has 0 spiro atoms. The predicted octanol–water partition coefficient (Wildman–Crippen LogP) is 5.09. The number of nitrogens with one attached hydrogen (secondary N) is 2. The fourth-order valence-electron chi connectivity index (χ4n) is 4.24. The zero-order chi connectivity index (χ0) is 17.7. The Balaban J connectivity index is 1.78. The highest BCUT2D eigenvalue weighted by Crippen LogP contribution is 2.47. The standard InChI is InChI=1S/C22H17BrN2O/c23-14-8-6-13(7-9-14)22-21-16(3-1-5-19(21)26)20-15-4-2-12-24-17(15)10-11-18(20)25-22/h2,4,6-12,22,25H,1,3,5H2/p+1. The molecule has 128 valence electrons. The van der Waals surface area contributed by atoms with Crippen molar-refractivity contribution in [3.63, 3.8) is 0 Å². The maximum Gasteiger partial charge on any atom is 0.211 e. The Kier molecular flexibility index (Phi) is 3.68. The number of anilines is 1. The van der Waals surface area contributed by atoms with Crippen LogP contribution >= 0.6 is 15.9 Å². The number of allylic oxidation sites excluding steroid dienone is 1. The van der Waals surface area contributed by atoms with Gasteiger partial charge in [-0.3, -0.25) is 4.79 Å². The number of rotatable bonds is 1. The lowest BCUT2D eigenvalue weighted by Crippen LogP contribution is -2.27. The number of fused-ring (bicyclic) bond motifs is 4. The Bertz CT molecular complexity index is 1070. The molecule has 0 amide bonds. The van der Waals surface area contributed by atoms with E-state index in [0.717, 1.165) is 39.7 Å². The van der Waals surface area contributed by atoms with E-state index in [9.17, 15) is 4.79 Å². The summed E-state index contributed by atoms with van der Waals surface area (Å²) in [4.78, 5) is 16.2. The van der Waals surface area contributed by atoms with Crippen molar-refractivity contribution >= 4 is 43.9 Å². The van der Waals surface area contributed by atoms with Gasteiger partial charge in [-0.1, -0.05) is 28.1 Å². The molecule has 2 heterocycles. The smallest absolute Gasteiger partial charge is 0.211 e. The van der Waals surface area contributed by atoms with Gasteiger partial charge in [0.25, 0.3) is 0 Å². The van der Waals surface area contributed by atoms with Gasteiger partial charge in [-0.2, -0.15) is 0 Å². The van der Waals surface area contributed by atoms with Gasteiger partial charge in [0.1, 0.15) is 0 Å². The maximum absolute atomic E-state index is 12.9. The average Bonchev–Trinajstić information content (AvgIpc) is 2.68. The van der Waals surface area contributed by atoms with Crippen molar-refractivity contribution in [2.24, 2.45) is 0 Å². The molecular weight excluding hydrogens is 388 g/mol. The van der Waals surface area contributed by atoms with Crippen LogP contribution < -0.4 is 10.3 Å². The third kappa shape index (κ3) is 2.40. The van der Waals surface area contributed by atoms with Crippen LogP contribution in [0.25, 0.3) is 16.5 Å². The third-order valence-electron chi connectivity index (χ3n) is 5.39. The molecule has 0 saturated carbocycles. The van der Waals surface area contributed by atoms with Gasteiger partial charge >= 0.3 is 0 Å². The van der Waals surface area contributed by atoms with Crippen LogP contribution in [0.2, 0.25) is 0 Å². The van der Waals surface area contributed by atoms with Crippen molar-refractivity contribution in [3.8, 4) is 0 Å². The number of halogens is 1. The lowest BCUT2D eigenvalue weighted by atomic mass is 9.77. The van der Waals surface area contributed by atoms with Gasteiger partial charge in [-0.15, -0.1) is 0 Å². The number of carbonyl (C=O) groups is 1. The minimum absolute atomic E-state index is 0.0801. The summed E-state index contributed by atoms with van der Waals surface area (Å²) in [5, 5.41) is 4.82. The highest BCUT2D eigenvalue weighted by Gasteiger charge is 2.35. The van der Waals surface area contributed by atoms with Gasteiger partial charge in [-0.05, 0) is 48.2 Å². The second-order valence-electron chi connectivity index (χ2n) is 6.92. The van der Waals surface area contributed by atoms with E-state index in [1.807, 2.05) is 24.4 Å². The zero-order valence-corrected chi connectivity index (χ0v) is 15.8. The van der Waals surface area contributed by atoms with E-state index in [1.54, 1.807) is 0 Å². The number of aromatic amines is 1. The molecule has 5 rings (SSSR count). The SMILES string of the molecule is O=C1CCCC2=C1C(c1ccc(Br)cc1)Nc1ccc3[nH+]cccc3c12. The van der Waals surface area contributed by atoms with E-state index in [0.29, 0.717) is 6.42 Å². The zero-order valence-electron chi connectivity index (χ0n) is 14.2. The summed E-state index contributed by atoms with van der Waals surface area (Å²) >= 11 is 3.50. The topological polar surface area (TPSA) is 43.2 Å². The van der Waals surface area contributed by atoms with Crippen LogP contribution in [0.1, 0.15) is 36.4 Å². The molecule has 3 aromatic rings. The normalized spacial score (nSPS) is 19.1. The number of benzene rings is 2. The second kappa shape index (κ2) is 6.06. The third-order valence-corrected chi connectivity index (χ3v) is 5.92. The summed E-state index contributed by atoms with van der Waals surface area (Å²) in [6, 6.07) is 16.6. The molecular formula is C22H18BrN2O+. The van der Waals surface area contributed by atoms with Crippen LogP contribution in [0.5, 0.6) is 0 Å². The first kappa shape index (κ1) is 15.8. The maximum atomic E-state index is 12.9. The summed E-state index contributed by atoms with van der Waals surface area (Å²) < 4.78 is 1.04. The first-order chi connectivity index (χ1) is 12.7. The number of H-pyrrole nitrogens is 1. The lowest BCUT2D eigenvalue weighted by Gasteiger charge is -2.34. The highest BCUT2D eigenvalue weighted by atomic mass is 79.9. The molecule has 1 aromatic heterocycles. The number of hydrogen-bond donors (Lipinski definition) is 1. The summed E-state index contributed by atoms with van der Waals surface area (Å²) in [7, 11) is 0. The van der Waals surface area contributed by atoms with Crippen molar-refractivity contribution in [3.05, 3.63) is 75.9 Å². The number of ketones is 1. The second-order valence-corrected chi connectivity index (χ2v) is 7.83. The van der Waals surface area contributed by atoms with Gasteiger partial charge in [0.2, 0.25) is 5.52 Å². The molecule has 26 heavy (non-hydrogen) atoms. The molecule has 1 atom stereocenters. The van der Waals surface area contributed by atoms with Crippen LogP contribution in [0, 0.1) is 0 Å². The molecule has 3 nitrogen and oxygen atoms in total. The van der Waals surface area contributed by atoms with E-state index >= 15 is 0 Å². The van der Waals surface area contributed by atoms with Gasteiger partial charge in [0.15, 0.2) is 12.0 Å². The molecule has 2 aliphatic rings. The number of hydrogen-bond acceptors (Lipinski definition) is 2. The molecule has 0 bridgehead atoms. The summed E-state index contributed by atoms with van der Waals surface area (Å²) in [6.07, 6.45) is 4.46. The molecule has 2 aromatic carbocycles. The lowest BCUT2D eigenvalue weighted by molar-refractivity contribution is -0.344. The summed E-state index contributed by atoms with van der Waals surface area (Å²) in [6.45, 7) is 0. The van der Waals surface area contributed by atoms with Crippen LogP contribution in [0.4, 0.5) is 5.69 Å². The molecule has 4 heteroatoms. The number of carbonyl (C=O) groups excluding carboxylic acids is 1. The van der Waals surface area contributed by atoms with E-state index in [-0.39, 0.29) is 11.8 Å².